The molecule has 3 nitrogen and oxygen atoms in total. The lowest BCUT2D eigenvalue weighted by Crippen LogP contribution is -2.04. The summed E-state index contributed by atoms with van der Waals surface area (Å²) in [5.74, 6) is 1.01. The number of furan rings is 1. The average Bonchev–Trinajstić information content (AvgIpc) is 2.71. The van der Waals surface area contributed by atoms with Gasteiger partial charge < -0.3 is 9.73 Å². The molecule has 2 aromatic heterocycles. The van der Waals surface area contributed by atoms with E-state index in [4.69, 9.17) is 4.42 Å². The third kappa shape index (κ3) is 2.84. The molecule has 0 aromatic carbocycles. The third-order valence-corrected chi connectivity index (χ3v) is 2.18. The van der Waals surface area contributed by atoms with Gasteiger partial charge in [-0.25, -0.2) is 0 Å². The highest BCUT2D eigenvalue weighted by molar-refractivity contribution is 5.42. The molecule has 0 spiro atoms. The maximum atomic E-state index is 5.24. The Bertz CT molecular complexity index is 409. The SMILES string of the molecule is Cc1cc(NCCc2ccco2)ccn1. The van der Waals surface area contributed by atoms with Crippen LogP contribution in [0.3, 0.4) is 0 Å². The Hall–Kier alpha value is -1.77. The van der Waals surface area contributed by atoms with Gasteiger partial charge in [0.2, 0.25) is 0 Å². The van der Waals surface area contributed by atoms with E-state index >= 15 is 0 Å². The summed E-state index contributed by atoms with van der Waals surface area (Å²) in [6.45, 7) is 2.86. The molecule has 0 fully saturated rings. The number of rotatable bonds is 4. The minimum absolute atomic E-state index is 0.872. The van der Waals surface area contributed by atoms with Crippen molar-refractivity contribution in [1.29, 1.82) is 0 Å². The van der Waals surface area contributed by atoms with E-state index < -0.39 is 0 Å². The van der Waals surface area contributed by atoms with Crippen LogP contribution in [-0.2, 0) is 6.42 Å². The Morgan fingerprint density at radius 3 is 3.07 bits per heavy atom. The summed E-state index contributed by atoms with van der Waals surface area (Å²) in [5, 5.41) is 3.32. The van der Waals surface area contributed by atoms with Gasteiger partial charge in [-0.15, -0.1) is 0 Å². The van der Waals surface area contributed by atoms with Crippen molar-refractivity contribution in [3.05, 3.63) is 48.2 Å². The molecule has 0 saturated carbocycles. The first-order valence-corrected chi connectivity index (χ1v) is 5.03. The van der Waals surface area contributed by atoms with E-state index in [1.54, 1.807) is 6.26 Å². The molecule has 0 aliphatic rings. The molecule has 0 unspecified atom stereocenters. The van der Waals surface area contributed by atoms with Gasteiger partial charge in [-0.2, -0.15) is 0 Å². The van der Waals surface area contributed by atoms with Crippen LogP contribution < -0.4 is 5.32 Å². The minimum Gasteiger partial charge on any atom is -0.469 e. The van der Waals surface area contributed by atoms with Crippen molar-refractivity contribution in [2.24, 2.45) is 0 Å². The highest BCUT2D eigenvalue weighted by atomic mass is 16.3. The lowest BCUT2D eigenvalue weighted by atomic mass is 10.3. The number of pyridine rings is 1. The fourth-order valence-corrected chi connectivity index (χ4v) is 1.44. The second-order valence-corrected chi connectivity index (χ2v) is 3.44. The quantitative estimate of drug-likeness (QED) is 0.828. The molecule has 2 heterocycles. The normalized spacial score (nSPS) is 10.2. The number of nitrogens with zero attached hydrogens (tertiary/aromatic N) is 1. The molecular formula is C12H14N2O. The lowest BCUT2D eigenvalue weighted by Gasteiger charge is -2.05. The highest BCUT2D eigenvalue weighted by Crippen LogP contribution is 2.07. The molecule has 0 saturated heterocycles. The minimum atomic E-state index is 0.872. The monoisotopic (exact) mass is 202 g/mol. The summed E-state index contributed by atoms with van der Waals surface area (Å²) in [4.78, 5) is 4.14. The van der Waals surface area contributed by atoms with Crippen LogP contribution in [0, 0.1) is 6.92 Å². The van der Waals surface area contributed by atoms with Crippen LogP contribution in [0.5, 0.6) is 0 Å². The Morgan fingerprint density at radius 2 is 2.33 bits per heavy atom. The van der Waals surface area contributed by atoms with Crippen molar-refractivity contribution in [3.63, 3.8) is 0 Å². The molecule has 2 rings (SSSR count). The molecule has 0 aliphatic heterocycles. The van der Waals surface area contributed by atoms with E-state index in [1.807, 2.05) is 37.4 Å². The van der Waals surface area contributed by atoms with Gasteiger partial charge in [-0.1, -0.05) is 0 Å². The Kier molecular flexibility index (Phi) is 3.02. The molecule has 0 amide bonds. The number of aryl methyl sites for hydroxylation is 1. The molecular weight excluding hydrogens is 188 g/mol. The summed E-state index contributed by atoms with van der Waals surface area (Å²) in [5.41, 5.74) is 2.13. The summed E-state index contributed by atoms with van der Waals surface area (Å²) < 4.78 is 5.24. The van der Waals surface area contributed by atoms with Crippen molar-refractivity contribution >= 4 is 5.69 Å². The topological polar surface area (TPSA) is 38.1 Å². The van der Waals surface area contributed by atoms with Crippen molar-refractivity contribution in [1.82, 2.24) is 4.98 Å². The molecule has 0 bridgehead atoms. The van der Waals surface area contributed by atoms with Gasteiger partial charge in [0.15, 0.2) is 0 Å². The van der Waals surface area contributed by atoms with Crippen molar-refractivity contribution in [2.45, 2.75) is 13.3 Å². The van der Waals surface area contributed by atoms with Crippen molar-refractivity contribution < 1.29 is 4.42 Å². The van der Waals surface area contributed by atoms with Crippen LogP contribution in [0.2, 0.25) is 0 Å². The zero-order chi connectivity index (χ0) is 10.5. The number of anilines is 1. The lowest BCUT2D eigenvalue weighted by molar-refractivity contribution is 0.513. The largest absolute Gasteiger partial charge is 0.469 e. The van der Waals surface area contributed by atoms with E-state index in [9.17, 15) is 0 Å². The molecule has 1 N–H and O–H groups in total. The van der Waals surface area contributed by atoms with Crippen LogP contribution >= 0.6 is 0 Å². The standard InChI is InChI=1S/C12H14N2O/c1-10-9-11(4-6-13-10)14-7-5-12-3-2-8-15-12/h2-4,6,8-9H,5,7H2,1H3,(H,13,14). The summed E-state index contributed by atoms with van der Waals surface area (Å²) in [6, 6.07) is 7.89. The fourth-order valence-electron chi connectivity index (χ4n) is 1.44. The van der Waals surface area contributed by atoms with E-state index in [0.717, 1.165) is 30.1 Å². The molecule has 3 heteroatoms. The first-order valence-electron chi connectivity index (χ1n) is 5.03. The second kappa shape index (κ2) is 4.64. The molecule has 15 heavy (non-hydrogen) atoms. The molecule has 0 radical (unpaired) electrons. The summed E-state index contributed by atoms with van der Waals surface area (Å²) in [7, 11) is 0. The predicted octanol–water partition coefficient (Wildman–Crippen LogP) is 2.64. The maximum absolute atomic E-state index is 5.24. The highest BCUT2D eigenvalue weighted by Gasteiger charge is 1.96. The first-order chi connectivity index (χ1) is 7.34. The number of hydrogen-bond donors (Lipinski definition) is 1. The summed E-state index contributed by atoms with van der Waals surface area (Å²) >= 11 is 0. The Morgan fingerprint density at radius 1 is 1.40 bits per heavy atom. The molecule has 2 aromatic rings. The zero-order valence-corrected chi connectivity index (χ0v) is 8.73. The summed E-state index contributed by atoms with van der Waals surface area (Å²) in [6.07, 6.45) is 4.41. The molecule has 78 valence electrons. The molecule has 0 atom stereocenters. The van der Waals surface area contributed by atoms with Gasteiger partial charge in [-0.05, 0) is 31.2 Å². The van der Waals surface area contributed by atoms with Gasteiger partial charge in [-0.3, -0.25) is 4.98 Å². The van der Waals surface area contributed by atoms with E-state index in [2.05, 4.69) is 10.3 Å². The van der Waals surface area contributed by atoms with Gasteiger partial charge >= 0.3 is 0 Å². The van der Waals surface area contributed by atoms with E-state index in [0.29, 0.717) is 0 Å². The van der Waals surface area contributed by atoms with Crippen LogP contribution in [0.15, 0.2) is 41.1 Å². The third-order valence-electron chi connectivity index (χ3n) is 2.18. The predicted molar refractivity (Wildman–Crippen MR) is 59.9 cm³/mol. The van der Waals surface area contributed by atoms with Gasteiger partial charge in [0, 0.05) is 30.5 Å². The number of aromatic nitrogens is 1. The maximum Gasteiger partial charge on any atom is 0.105 e. The molecule has 0 aliphatic carbocycles. The number of hydrogen-bond acceptors (Lipinski definition) is 3. The van der Waals surface area contributed by atoms with Gasteiger partial charge in [0.05, 0.1) is 6.26 Å². The van der Waals surface area contributed by atoms with Gasteiger partial charge in [0.25, 0.3) is 0 Å². The average molecular weight is 202 g/mol. The smallest absolute Gasteiger partial charge is 0.105 e. The Labute approximate surface area is 89.1 Å². The fraction of sp³-hybridized carbons (Fsp3) is 0.250. The Balaban J connectivity index is 1.83. The van der Waals surface area contributed by atoms with Crippen LogP contribution in [-0.4, -0.2) is 11.5 Å². The zero-order valence-electron chi connectivity index (χ0n) is 8.73. The van der Waals surface area contributed by atoms with Crippen LogP contribution in [0.1, 0.15) is 11.5 Å². The van der Waals surface area contributed by atoms with Crippen LogP contribution in [0.4, 0.5) is 5.69 Å². The second-order valence-electron chi connectivity index (χ2n) is 3.44. The first kappa shape index (κ1) is 9.77. The van der Waals surface area contributed by atoms with Crippen molar-refractivity contribution in [3.8, 4) is 0 Å². The van der Waals surface area contributed by atoms with E-state index in [1.165, 1.54) is 0 Å². The van der Waals surface area contributed by atoms with Crippen LogP contribution in [0.25, 0.3) is 0 Å². The van der Waals surface area contributed by atoms with Gasteiger partial charge in [0.1, 0.15) is 5.76 Å². The van der Waals surface area contributed by atoms with Crippen molar-refractivity contribution in [2.75, 3.05) is 11.9 Å². The number of nitrogens with one attached hydrogen (secondary N) is 1. The van der Waals surface area contributed by atoms with E-state index in [-0.39, 0.29) is 0 Å².